The third-order valence-corrected chi connectivity index (χ3v) is 4.72. The Balaban J connectivity index is 1.80. The van der Waals surface area contributed by atoms with Crippen LogP contribution in [0, 0.1) is 13.8 Å². The average Bonchev–Trinajstić information content (AvgIpc) is 2.79. The highest BCUT2D eigenvalue weighted by Gasteiger charge is 2.12. The minimum absolute atomic E-state index is 0.854. The molecule has 3 nitrogen and oxygen atoms in total. The van der Waals surface area contributed by atoms with Gasteiger partial charge < -0.3 is 4.74 Å². The number of hydrogen-bond acceptors (Lipinski definition) is 4. The van der Waals surface area contributed by atoms with Crippen LogP contribution in [0.1, 0.15) is 16.3 Å². The molecule has 1 aromatic heterocycles. The molecule has 0 unspecified atom stereocenters. The molecule has 1 fully saturated rings. The van der Waals surface area contributed by atoms with Crippen LogP contribution in [0.25, 0.3) is 10.4 Å². The summed E-state index contributed by atoms with van der Waals surface area (Å²) >= 11 is 1.78. The summed E-state index contributed by atoms with van der Waals surface area (Å²) in [7, 11) is 0. The van der Waals surface area contributed by atoms with Gasteiger partial charge in [0.2, 0.25) is 0 Å². The van der Waals surface area contributed by atoms with Crippen molar-refractivity contribution in [1.29, 1.82) is 0 Å². The predicted octanol–water partition coefficient (Wildman–Crippen LogP) is 3.26. The van der Waals surface area contributed by atoms with E-state index in [-0.39, 0.29) is 0 Å². The van der Waals surface area contributed by atoms with Gasteiger partial charge in [0.05, 0.1) is 28.8 Å². The van der Waals surface area contributed by atoms with Gasteiger partial charge in [-0.15, -0.1) is 11.3 Å². The summed E-state index contributed by atoms with van der Waals surface area (Å²) < 4.78 is 5.40. The first kappa shape index (κ1) is 13.7. The third-order valence-electron chi connectivity index (χ3n) is 3.60. The van der Waals surface area contributed by atoms with Crippen LogP contribution in [0.5, 0.6) is 0 Å². The molecule has 2 heterocycles. The fraction of sp³-hybridized carbons (Fsp3) is 0.438. The van der Waals surface area contributed by atoms with E-state index in [0.717, 1.165) is 43.5 Å². The van der Waals surface area contributed by atoms with Crippen molar-refractivity contribution in [3.8, 4) is 10.4 Å². The number of aromatic nitrogens is 1. The molecule has 0 radical (unpaired) electrons. The lowest BCUT2D eigenvalue weighted by atomic mass is 10.1. The molecule has 2 aromatic rings. The topological polar surface area (TPSA) is 25.4 Å². The molecule has 106 valence electrons. The average molecular weight is 288 g/mol. The van der Waals surface area contributed by atoms with Crippen molar-refractivity contribution in [3.05, 3.63) is 40.5 Å². The summed E-state index contributed by atoms with van der Waals surface area (Å²) in [6, 6.07) is 8.85. The monoisotopic (exact) mass is 288 g/mol. The first-order chi connectivity index (χ1) is 9.72. The van der Waals surface area contributed by atoms with Gasteiger partial charge in [-0.25, -0.2) is 4.98 Å². The van der Waals surface area contributed by atoms with E-state index in [2.05, 4.69) is 48.0 Å². The minimum Gasteiger partial charge on any atom is -0.379 e. The number of rotatable bonds is 3. The maximum absolute atomic E-state index is 5.40. The van der Waals surface area contributed by atoms with E-state index in [1.54, 1.807) is 11.3 Å². The largest absolute Gasteiger partial charge is 0.379 e. The summed E-state index contributed by atoms with van der Waals surface area (Å²) in [5, 5.41) is 1.14. The van der Waals surface area contributed by atoms with E-state index in [9.17, 15) is 0 Å². The highest BCUT2D eigenvalue weighted by Crippen LogP contribution is 2.30. The van der Waals surface area contributed by atoms with Crippen LogP contribution >= 0.6 is 11.3 Å². The SMILES string of the molecule is Cc1nc(C)c(-c2cccc(CN3CCOCC3)c2)s1. The molecular formula is C16H20N2OS. The van der Waals surface area contributed by atoms with Crippen LogP contribution in [-0.2, 0) is 11.3 Å². The van der Waals surface area contributed by atoms with E-state index < -0.39 is 0 Å². The second kappa shape index (κ2) is 6.04. The smallest absolute Gasteiger partial charge is 0.0903 e. The van der Waals surface area contributed by atoms with Crippen molar-refractivity contribution in [3.63, 3.8) is 0 Å². The van der Waals surface area contributed by atoms with E-state index in [0.29, 0.717) is 0 Å². The van der Waals surface area contributed by atoms with Crippen molar-refractivity contribution in [2.45, 2.75) is 20.4 Å². The number of hydrogen-bond donors (Lipinski definition) is 0. The Bertz CT molecular complexity index is 588. The number of ether oxygens (including phenoxy) is 1. The van der Waals surface area contributed by atoms with Crippen molar-refractivity contribution in [2.24, 2.45) is 0 Å². The molecule has 1 aromatic carbocycles. The Kier molecular flexibility index (Phi) is 4.15. The lowest BCUT2D eigenvalue weighted by molar-refractivity contribution is 0.0342. The second-order valence-electron chi connectivity index (χ2n) is 5.24. The first-order valence-corrected chi connectivity index (χ1v) is 7.87. The lowest BCUT2D eigenvalue weighted by Gasteiger charge is -2.26. The molecule has 1 aliphatic rings. The summed E-state index contributed by atoms with van der Waals surface area (Å²) in [5.41, 5.74) is 3.80. The van der Waals surface area contributed by atoms with Gasteiger partial charge in [-0.1, -0.05) is 18.2 Å². The Morgan fingerprint density at radius 3 is 2.75 bits per heavy atom. The van der Waals surface area contributed by atoms with E-state index >= 15 is 0 Å². The number of aryl methyl sites for hydroxylation is 2. The lowest BCUT2D eigenvalue weighted by Crippen LogP contribution is -2.35. The van der Waals surface area contributed by atoms with Gasteiger partial charge in [-0.05, 0) is 31.0 Å². The number of benzene rings is 1. The molecule has 4 heteroatoms. The molecule has 1 aliphatic heterocycles. The Labute approximate surface area is 124 Å². The van der Waals surface area contributed by atoms with Crippen LogP contribution in [0.3, 0.4) is 0 Å². The van der Waals surface area contributed by atoms with Gasteiger partial charge in [0.1, 0.15) is 0 Å². The Hall–Kier alpha value is -1.23. The molecule has 0 spiro atoms. The molecule has 0 N–H and O–H groups in total. The Morgan fingerprint density at radius 2 is 2.05 bits per heavy atom. The van der Waals surface area contributed by atoms with E-state index in [4.69, 9.17) is 4.74 Å². The molecule has 3 rings (SSSR count). The standard InChI is InChI=1S/C16H20N2OS/c1-12-16(20-13(2)17-12)15-5-3-4-14(10-15)11-18-6-8-19-9-7-18/h3-5,10H,6-9,11H2,1-2H3. The van der Waals surface area contributed by atoms with Gasteiger partial charge in [-0.3, -0.25) is 4.90 Å². The van der Waals surface area contributed by atoms with Gasteiger partial charge in [-0.2, -0.15) is 0 Å². The van der Waals surface area contributed by atoms with Crippen LogP contribution in [0.2, 0.25) is 0 Å². The number of morpholine rings is 1. The van der Waals surface area contributed by atoms with Gasteiger partial charge >= 0.3 is 0 Å². The maximum Gasteiger partial charge on any atom is 0.0903 e. The van der Waals surface area contributed by atoms with Crippen molar-refractivity contribution < 1.29 is 4.74 Å². The highest BCUT2D eigenvalue weighted by molar-refractivity contribution is 7.15. The van der Waals surface area contributed by atoms with Crippen molar-refractivity contribution in [2.75, 3.05) is 26.3 Å². The fourth-order valence-electron chi connectivity index (χ4n) is 2.63. The third kappa shape index (κ3) is 3.08. The summed E-state index contributed by atoms with van der Waals surface area (Å²) in [4.78, 5) is 8.27. The molecule has 0 amide bonds. The Morgan fingerprint density at radius 1 is 1.25 bits per heavy atom. The molecule has 20 heavy (non-hydrogen) atoms. The van der Waals surface area contributed by atoms with Gasteiger partial charge in [0.15, 0.2) is 0 Å². The molecular weight excluding hydrogens is 268 g/mol. The molecule has 1 saturated heterocycles. The zero-order valence-corrected chi connectivity index (χ0v) is 12.9. The van der Waals surface area contributed by atoms with Crippen molar-refractivity contribution >= 4 is 11.3 Å². The predicted molar refractivity (Wildman–Crippen MR) is 83.1 cm³/mol. The number of nitrogens with zero attached hydrogens (tertiary/aromatic N) is 2. The second-order valence-corrected chi connectivity index (χ2v) is 6.44. The van der Waals surface area contributed by atoms with Crippen LogP contribution in [0.4, 0.5) is 0 Å². The van der Waals surface area contributed by atoms with Gasteiger partial charge in [0.25, 0.3) is 0 Å². The molecule has 0 aliphatic carbocycles. The summed E-state index contributed by atoms with van der Waals surface area (Å²) in [6.07, 6.45) is 0. The normalized spacial score (nSPS) is 16.5. The maximum atomic E-state index is 5.40. The van der Waals surface area contributed by atoms with E-state index in [1.165, 1.54) is 16.0 Å². The van der Waals surface area contributed by atoms with Crippen molar-refractivity contribution in [1.82, 2.24) is 9.88 Å². The molecule has 0 bridgehead atoms. The molecule has 0 atom stereocenters. The zero-order chi connectivity index (χ0) is 13.9. The minimum atomic E-state index is 0.854. The highest BCUT2D eigenvalue weighted by atomic mass is 32.1. The fourth-order valence-corrected chi connectivity index (χ4v) is 3.54. The number of thiazole rings is 1. The van der Waals surface area contributed by atoms with E-state index in [1.807, 2.05) is 0 Å². The first-order valence-electron chi connectivity index (χ1n) is 7.06. The quantitative estimate of drug-likeness (QED) is 0.867. The van der Waals surface area contributed by atoms with Crippen LogP contribution in [-0.4, -0.2) is 36.2 Å². The van der Waals surface area contributed by atoms with Crippen LogP contribution < -0.4 is 0 Å². The summed E-state index contributed by atoms with van der Waals surface area (Å²) in [6.45, 7) is 8.94. The van der Waals surface area contributed by atoms with Gasteiger partial charge in [0, 0.05) is 19.6 Å². The van der Waals surface area contributed by atoms with Crippen LogP contribution in [0.15, 0.2) is 24.3 Å². The zero-order valence-electron chi connectivity index (χ0n) is 12.1. The molecule has 0 saturated carbocycles. The summed E-state index contributed by atoms with van der Waals surface area (Å²) in [5.74, 6) is 0.